The quantitative estimate of drug-likeness (QED) is 0.691. The Morgan fingerprint density at radius 2 is 2.15 bits per heavy atom. The molecule has 0 aromatic heterocycles. The van der Waals surface area contributed by atoms with Crippen LogP contribution in [0.5, 0.6) is 5.75 Å². The van der Waals surface area contributed by atoms with Gasteiger partial charge in [0.25, 0.3) is 0 Å². The first-order valence-electron chi connectivity index (χ1n) is 4.67. The summed E-state index contributed by atoms with van der Waals surface area (Å²) in [5, 5.41) is 12.7. The van der Waals surface area contributed by atoms with Crippen LogP contribution in [-0.4, -0.2) is 18.7 Å². The first-order valence-corrected chi connectivity index (χ1v) is 4.67. The Balaban J connectivity index is 2.64. The normalized spacial score (nSPS) is 10.3. The molecule has 72 valence electrons. The van der Waals surface area contributed by atoms with Crippen LogP contribution in [0.1, 0.15) is 17.5 Å². The molecule has 0 aliphatic heterocycles. The van der Waals surface area contributed by atoms with Crippen LogP contribution < -0.4 is 5.32 Å². The number of aromatic hydroxyl groups is 1. The zero-order valence-electron chi connectivity index (χ0n) is 8.30. The molecular weight excluding hydrogens is 162 g/mol. The van der Waals surface area contributed by atoms with E-state index >= 15 is 0 Å². The predicted molar refractivity (Wildman–Crippen MR) is 55.1 cm³/mol. The third-order valence-electron chi connectivity index (χ3n) is 2.24. The smallest absolute Gasteiger partial charge is 0.119 e. The Morgan fingerprint density at radius 3 is 2.77 bits per heavy atom. The summed E-state index contributed by atoms with van der Waals surface area (Å²) in [5.41, 5.74) is 2.26. The van der Waals surface area contributed by atoms with Gasteiger partial charge >= 0.3 is 0 Å². The summed E-state index contributed by atoms with van der Waals surface area (Å²) in [7, 11) is 1.94. The minimum Gasteiger partial charge on any atom is -0.508 e. The van der Waals surface area contributed by atoms with E-state index in [0.717, 1.165) is 24.9 Å². The van der Waals surface area contributed by atoms with E-state index in [2.05, 4.69) is 5.32 Å². The Bertz CT molecular complexity index is 251. The van der Waals surface area contributed by atoms with Gasteiger partial charge in [-0.2, -0.15) is 0 Å². The van der Waals surface area contributed by atoms with Crippen LogP contribution in [0.4, 0.5) is 0 Å². The number of hydrogen-bond acceptors (Lipinski definition) is 2. The Morgan fingerprint density at radius 1 is 1.38 bits per heavy atom. The molecule has 1 aromatic rings. The minimum absolute atomic E-state index is 0.427. The number of benzene rings is 1. The Hall–Kier alpha value is -1.02. The molecule has 0 amide bonds. The van der Waals surface area contributed by atoms with Crippen LogP contribution in [0.2, 0.25) is 0 Å². The fourth-order valence-electron chi connectivity index (χ4n) is 1.45. The van der Waals surface area contributed by atoms with Gasteiger partial charge in [0.1, 0.15) is 5.75 Å². The van der Waals surface area contributed by atoms with Crippen molar-refractivity contribution in [3.05, 3.63) is 29.3 Å². The molecule has 1 rings (SSSR count). The van der Waals surface area contributed by atoms with Crippen LogP contribution >= 0.6 is 0 Å². The highest BCUT2D eigenvalue weighted by molar-refractivity contribution is 5.38. The molecule has 1 aromatic carbocycles. The maximum atomic E-state index is 9.57. The van der Waals surface area contributed by atoms with Crippen molar-refractivity contribution in [2.24, 2.45) is 0 Å². The largest absolute Gasteiger partial charge is 0.508 e. The Labute approximate surface area is 79.6 Å². The molecule has 0 aliphatic carbocycles. The van der Waals surface area contributed by atoms with Gasteiger partial charge in [0, 0.05) is 0 Å². The second kappa shape index (κ2) is 4.87. The number of phenols is 1. The summed E-state index contributed by atoms with van der Waals surface area (Å²) in [5.74, 6) is 0.427. The van der Waals surface area contributed by atoms with Gasteiger partial charge in [-0.1, -0.05) is 12.1 Å². The third-order valence-corrected chi connectivity index (χ3v) is 2.24. The second-order valence-electron chi connectivity index (χ2n) is 3.28. The molecule has 0 atom stereocenters. The van der Waals surface area contributed by atoms with Gasteiger partial charge in [-0.05, 0) is 50.6 Å². The van der Waals surface area contributed by atoms with E-state index in [4.69, 9.17) is 0 Å². The monoisotopic (exact) mass is 179 g/mol. The molecule has 0 unspecified atom stereocenters. The summed E-state index contributed by atoms with van der Waals surface area (Å²) in [6.45, 7) is 3.03. The van der Waals surface area contributed by atoms with E-state index in [-0.39, 0.29) is 0 Å². The van der Waals surface area contributed by atoms with Crippen LogP contribution in [0.15, 0.2) is 18.2 Å². The lowest BCUT2D eigenvalue weighted by molar-refractivity contribution is 0.466. The van der Waals surface area contributed by atoms with E-state index in [9.17, 15) is 5.11 Å². The summed E-state index contributed by atoms with van der Waals surface area (Å²) in [4.78, 5) is 0. The first kappa shape index (κ1) is 10.1. The molecule has 13 heavy (non-hydrogen) atoms. The van der Waals surface area contributed by atoms with E-state index in [1.54, 1.807) is 6.07 Å². The maximum absolute atomic E-state index is 9.57. The number of hydrogen-bond donors (Lipinski definition) is 2. The van der Waals surface area contributed by atoms with Crippen molar-refractivity contribution in [3.8, 4) is 5.75 Å². The van der Waals surface area contributed by atoms with Crippen molar-refractivity contribution in [3.63, 3.8) is 0 Å². The van der Waals surface area contributed by atoms with Crippen molar-refractivity contribution in [2.45, 2.75) is 19.8 Å². The molecule has 0 aliphatic rings. The molecule has 2 N–H and O–H groups in total. The molecule has 0 spiro atoms. The lowest BCUT2D eigenvalue weighted by Gasteiger charge is -2.07. The Kier molecular flexibility index (Phi) is 3.77. The van der Waals surface area contributed by atoms with Crippen LogP contribution in [-0.2, 0) is 6.42 Å². The molecule has 0 saturated heterocycles. The number of aryl methyl sites for hydroxylation is 1. The first-order chi connectivity index (χ1) is 6.25. The van der Waals surface area contributed by atoms with Crippen molar-refractivity contribution in [2.75, 3.05) is 13.6 Å². The highest BCUT2D eigenvalue weighted by atomic mass is 16.3. The highest BCUT2D eigenvalue weighted by Gasteiger charge is 2.02. The van der Waals surface area contributed by atoms with E-state index in [0.29, 0.717) is 5.75 Å². The number of rotatable bonds is 4. The summed E-state index contributed by atoms with van der Waals surface area (Å²) in [6.07, 6.45) is 2.01. The topological polar surface area (TPSA) is 32.3 Å². The van der Waals surface area contributed by atoms with Gasteiger partial charge < -0.3 is 10.4 Å². The van der Waals surface area contributed by atoms with Gasteiger partial charge in [0.15, 0.2) is 0 Å². The van der Waals surface area contributed by atoms with Gasteiger partial charge in [-0.25, -0.2) is 0 Å². The van der Waals surface area contributed by atoms with Crippen molar-refractivity contribution < 1.29 is 5.11 Å². The second-order valence-corrected chi connectivity index (χ2v) is 3.28. The van der Waals surface area contributed by atoms with Crippen molar-refractivity contribution in [1.29, 1.82) is 0 Å². The third kappa shape index (κ3) is 2.74. The summed E-state index contributed by atoms with van der Waals surface area (Å²) < 4.78 is 0. The highest BCUT2D eigenvalue weighted by Crippen LogP contribution is 2.21. The lowest BCUT2D eigenvalue weighted by atomic mass is 10.0. The zero-order valence-corrected chi connectivity index (χ0v) is 8.30. The van der Waals surface area contributed by atoms with E-state index in [1.807, 2.05) is 26.1 Å². The molecule has 0 saturated carbocycles. The van der Waals surface area contributed by atoms with Crippen LogP contribution in [0, 0.1) is 6.92 Å². The van der Waals surface area contributed by atoms with E-state index in [1.165, 1.54) is 5.56 Å². The maximum Gasteiger partial charge on any atom is 0.119 e. The van der Waals surface area contributed by atoms with Crippen molar-refractivity contribution in [1.82, 2.24) is 5.32 Å². The summed E-state index contributed by atoms with van der Waals surface area (Å²) in [6, 6.07) is 5.67. The average Bonchev–Trinajstić information content (AvgIpc) is 2.10. The van der Waals surface area contributed by atoms with Gasteiger partial charge in [-0.15, -0.1) is 0 Å². The van der Waals surface area contributed by atoms with Gasteiger partial charge in [0.05, 0.1) is 0 Å². The van der Waals surface area contributed by atoms with Crippen LogP contribution in [0.25, 0.3) is 0 Å². The summed E-state index contributed by atoms with van der Waals surface area (Å²) >= 11 is 0. The molecule has 0 bridgehead atoms. The molecule has 0 fully saturated rings. The van der Waals surface area contributed by atoms with Gasteiger partial charge in [0.2, 0.25) is 0 Å². The molecular formula is C11H17NO. The molecule has 0 heterocycles. The van der Waals surface area contributed by atoms with Crippen LogP contribution in [0.3, 0.4) is 0 Å². The zero-order chi connectivity index (χ0) is 9.68. The van der Waals surface area contributed by atoms with E-state index < -0.39 is 0 Å². The molecule has 2 heteroatoms. The number of nitrogens with one attached hydrogen (secondary N) is 1. The fraction of sp³-hybridized carbons (Fsp3) is 0.455. The predicted octanol–water partition coefficient (Wildman–Crippen LogP) is 1.85. The lowest BCUT2D eigenvalue weighted by Crippen LogP contribution is -2.08. The van der Waals surface area contributed by atoms with Gasteiger partial charge in [-0.3, -0.25) is 0 Å². The minimum atomic E-state index is 0.427. The number of phenolic OH excluding ortho intramolecular Hbond substituents is 1. The van der Waals surface area contributed by atoms with Crippen molar-refractivity contribution >= 4 is 0 Å². The average molecular weight is 179 g/mol. The SMILES string of the molecule is CNCCCc1c(C)cccc1O. The molecule has 2 nitrogen and oxygen atoms in total. The molecule has 0 radical (unpaired) electrons. The fourth-order valence-corrected chi connectivity index (χ4v) is 1.45. The standard InChI is InChI=1S/C11H17NO/c1-9-5-3-7-11(13)10(9)6-4-8-12-2/h3,5,7,12-13H,4,6,8H2,1-2H3.